The predicted octanol–water partition coefficient (Wildman–Crippen LogP) is 2.12. The van der Waals surface area contributed by atoms with Gasteiger partial charge in [-0.2, -0.15) is 0 Å². The van der Waals surface area contributed by atoms with Gasteiger partial charge in [-0.25, -0.2) is 0 Å². The molecule has 0 radical (unpaired) electrons. The molecular weight excluding hydrogens is 284 g/mol. The number of piperidine rings is 1. The smallest absolute Gasteiger partial charge is 0.0270 e. The van der Waals surface area contributed by atoms with E-state index >= 15 is 0 Å². The predicted molar refractivity (Wildman–Crippen MR) is 95.7 cm³/mol. The van der Waals surface area contributed by atoms with Gasteiger partial charge in [-0.3, -0.25) is 4.98 Å². The zero-order valence-electron chi connectivity index (χ0n) is 14.5. The lowest BCUT2D eigenvalue weighted by molar-refractivity contribution is 0.125. The summed E-state index contributed by atoms with van der Waals surface area (Å²) >= 11 is 0. The van der Waals surface area contributed by atoms with E-state index < -0.39 is 0 Å². The quantitative estimate of drug-likeness (QED) is 0.768. The first kappa shape index (κ1) is 16.9. The van der Waals surface area contributed by atoms with Crippen molar-refractivity contribution in [1.82, 2.24) is 19.7 Å². The molecule has 128 valence electrons. The first-order valence-electron chi connectivity index (χ1n) is 9.46. The van der Waals surface area contributed by atoms with E-state index in [9.17, 15) is 0 Å². The second-order valence-corrected chi connectivity index (χ2v) is 7.04. The van der Waals surface area contributed by atoms with Crippen LogP contribution in [0.4, 0.5) is 0 Å². The summed E-state index contributed by atoms with van der Waals surface area (Å²) in [6.45, 7) is 11.4. The Balaban J connectivity index is 1.26. The number of pyridine rings is 1. The molecule has 2 fully saturated rings. The first-order valence-corrected chi connectivity index (χ1v) is 9.46. The van der Waals surface area contributed by atoms with Crippen LogP contribution in [0.15, 0.2) is 24.5 Å². The molecule has 3 heterocycles. The number of hydrogen-bond donors (Lipinski definition) is 0. The number of hydrogen-bond acceptors (Lipinski definition) is 4. The van der Waals surface area contributed by atoms with Gasteiger partial charge in [0.15, 0.2) is 0 Å². The summed E-state index contributed by atoms with van der Waals surface area (Å²) in [7, 11) is 0. The van der Waals surface area contributed by atoms with Crippen molar-refractivity contribution in [3.8, 4) is 0 Å². The van der Waals surface area contributed by atoms with Crippen LogP contribution < -0.4 is 0 Å². The molecule has 0 spiro atoms. The third kappa shape index (κ3) is 5.87. The summed E-state index contributed by atoms with van der Waals surface area (Å²) in [6, 6.07) is 4.27. The van der Waals surface area contributed by atoms with Gasteiger partial charge in [0.25, 0.3) is 0 Å². The lowest BCUT2D eigenvalue weighted by atomic mass is 10.1. The van der Waals surface area contributed by atoms with Gasteiger partial charge < -0.3 is 14.7 Å². The highest BCUT2D eigenvalue weighted by molar-refractivity contribution is 5.09. The molecule has 2 aliphatic heterocycles. The summed E-state index contributed by atoms with van der Waals surface area (Å²) in [5.41, 5.74) is 1.41. The molecule has 0 amide bonds. The van der Waals surface area contributed by atoms with Crippen LogP contribution >= 0.6 is 0 Å². The van der Waals surface area contributed by atoms with E-state index in [4.69, 9.17) is 0 Å². The van der Waals surface area contributed by atoms with Crippen LogP contribution in [0.1, 0.15) is 31.2 Å². The van der Waals surface area contributed by atoms with E-state index in [1.165, 1.54) is 90.1 Å². The Labute approximate surface area is 141 Å². The minimum Gasteiger partial charge on any atom is -0.303 e. The molecule has 0 aliphatic carbocycles. The largest absolute Gasteiger partial charge is 0.303 e. The Kier molecular flexibility index (Phi) is 6.86. The van der Waals surface area contributed by atoms with Crippen LogP contribution in [0, 0.1) is 0 Å². The second-order valence-electron chi connectivity index (χ2n) is 7.04. The van der Waals surface area contributed by atoms with Crippen molar-refractivity contribution >= 4 is 0 Å². The molecule has 3 rings (SSSR count). The van der Waals surface area contributed by atoms with E-state index in [2.05, 4.69) is 31.8 Å². The third-order valence-corrected chi connectivity index (χ3v) is 5.33. The average Bonchev–Trinajstić information content (AvgIpc) is 2.63. The maximum Gasteiger partial charge on any atom is 0.0270 e. The van der Waals surface area contributed by atoms with E-state index in [0.29, 0.717) is 0 Å². The zero-order valence-corrected chi connectivity index (χ0v) is 14.5. The van der Waals surface area contributed by atoms with Crippen LogP contribution in [0.3, 0.4) is 0 Å². The lowest BCUT2D eigenvalue weighted by Gasteiger charge is -2.35. The van der Waals surface area contributed by atoms with Gasteiger partial charge in [-0.15, -0.1) is 0 Å². The minimum absolute atomic E-state index is 1.15. The average molecular weight is 316 g/mol. The number of aromatic nitrogens is 1. The van der Waals surface area contributed by atoms with Crippen LogP contribution in [-0.2, 0) is 6.42 Å². The Morgan fingerprint density at radius 1 is 0.696 bits per heavy atom. The number of likely N-dealkylation sites (tertiary alicyclic amines) is 1. The highest BCUT2D eigenvalue weighted by Gasteiger charge is 2.17. The highest BCUT2D eigenvalue weighted by atomic mass is 15.3. The zero-order chi connectivity index (χ0) is 15.7. The Bertz CT molecular complexity index is 422. The molecule has 2 saturated heterocycles. The van der Waals surface area contributed by atoms with Crippen molar-refractivity contribution in [2.24, 2.45) is 0 Å². The maximum atomic E-state index is 4.09. The van der Waals surface area contributed by atoms with Gasteiger partial charge in [-0.1, -0.05) is 6.42 Å². The molecule has 0 N–H and O–H groups in total. The van der Waals surface area contributed by atoms with Crippen LogP contribution in [0.25, 0.3) is 0 Å². The third-order valence-electron chi connectivity index (χ3n) is 5.33. The molecule has 23 heavy (non-hydrogen) atoms. The molecule has 4 nitrogen and oxygen atoms in total. The maximum absolute atomic E-state index is 4.09. The first-order chi connectivity index (χ1) is 11.4. The molecule has 1 aromatic heterocycles. The van der Waals surface area contributed by atoms with E-state index in [0.717, 1.165) is 6.42 Å². The Hall–Kier alpha value is -0.970. The van der Waals surface area contributed by atoms with Crippen molar-refractivity contribution in [3.63, 3.8) is 0 Å². The van der Waals surface area contributed by atoms with E-state index in [-0.39, 0.29) is 0 Å². The van der Waals surface area contributed by atoms with Crippen LogP contribution in [0.5, 0.6) is 0 Å². The summed E-state index contributed by atoms with van der Waals surface area (Å²) in [5, 5.41) is 0. The van der Waals surface area contributed by atoms with Crippen molar-refractivity contribution in [1.29, 1.82) is 0 Å². The minimum atomic E-state index is 1.15. The topological polar surface area (TPSA) is 22.6 Å². The number of piperazine rings is 1. The summed E-state index contributed by atoms with van der Waals surface area (Å²) in [4.78, 5) is 12.0. The summed E-state index contributed by atoms with van der Waals surface area (Å²) in [6.07, 6.45) is 10.6. The molecule has 0 aromatic carbocycles. The lowest BCUT2D eigenvalue weighted by Crippen LogP contribution is -2.47. The van der Waals surface area contributed by atoms with Gasteiger partial charge in [0, 0.05) is 45.1 Å². The molecule has 4 heteroatoms. The van der Waals surface area contributed by atoms with E-state index in [1.54, 1.807) is 0 Å². The van der Waals surface area contributed by atoms with Crippen molar-refractivity contribution < 1.29 is 0 Å². The van der Waals surface area contributed by atoms with E-state index in [1.807, 2.05) is 12.4 Å². The van der Waals surface area contributed by atoms with Crippen LogP contribution in [0.2, 0.25) is 0 Å². The summed E-state index contributed by atoms with van der Waals surface area (Å²) in [5.74, 6) is 0. The van der Waals surface area contributed by atoms with Gasteiger partial charge in [0.1, 0.15) is 0 Å². The SMILES string of the molecule is c1cc(CCN2CCN(CCCN3CCCCC3)CC2)ccn1. The van der Waals surface area contributed by atoms with Gasteiger partial charge >= 0.3 is 0 Å². The summed E-state index contributed by atoms with van der Waals surface area (Å²) < 4.78 is 0. The van der Waals surface area contributed by atoms with Gasteiger partial charge in [0.2, 0.25) is 0 Å². The number of rotatable bonds is 7. The fraction of sp³-hybridized carbons (Fsp3) is 0.737. The molecule has 0 atom stereocenters. The monoisotopic (exact) mass is 316 g/mol. The van der Waals surface area contributed by atoms with Gasteiger partial charge in [0.05, 0.1) is 0 Å². The van der Waals surface area contributed by atoms with Gasteiger partial charge in [-0.05, 0) is 69.6 Å². The molecule has 0 unspecified atom stereocenters. The molecule has 2 aliphatic rings. The number of nitrogens with zero attached hydrogens (tertiary/aromatic N) is 4. The Morgan fingerprint density at radius 3 is 1.91 bits per heavy atom. The normalized spacial score (nSPS) is 21.6. The standard InChI is InChI=1S/C19H32N4/c1-2-10-21(11-3-1)12-4-13-22-15-17-23(18-16-22)14-7-19-5-8-20-9-6-19/h5-6,8-9H,1-4,7,10-18H2. The highest BCUT2D eigenvalue weighted by Crippen LogP contribution is 2.10. The van der Waals surface area contributed by atoms with Crippen molar-refractivity contribution in [3.05, 3.63) is 30.1 Å². The van der Waals surface area contributed by atoms with Crippen LogP contribution in [-0.4, -0.2) is 78.6 Å². The molecule has 1 aromatic rings. The fourth-order valence-electron chi connectivity index (χ4n) is 3.77. The van der Waals surface area contributed by atoms with Crippen molar-refractivity contribution in [2.45, 2.75) is 32.1 Å². The van der Waals surface area contributed by atoms with Crippen molar-refractivity contribution in [2.75, 3.05) is 58.9 Å². The Morgan fingerprint density at radius 2 is 1.26 bits per heavy atom. The molecule has 0 saturated carbocycles. The second kappa shape index (κ2) is 9.36. The molecular formula is C19H32N4. The molecule has 0 bridgehead atoms. The fourth-order valence-corrected chi connectivity index (χ4v) is 3.77.